The first-order valence-electron chi connectivity index (χ1n) is 11.1. The first-order chi connectivity index (χ1) is 15.3. The van der Waals surface area contributed by atoms with E-state index in [-0.39, 0.29) is 55.2 Å². The zero-order chi connectivity index (χ0) is 25.4. The van der Waals surface area contributed by atoms with Crippen molar-refractivity contribution in [1.29, 1.82) is 0 Å². The molecule has 0 aliphatic rings. The molecule has 2 N–H and O–H groups in total. The van der Waals surface area contributed by atoms with E-state index in [4.69, 9.17) is 18.9 Å². The predicted octanol–water partition coefficient (Wildman–Crippen LogP) is 3.20. The molecule has 0 fully saturated rings. The highest BCUT2D eigenvalue weighted by Crippen LogP contribution is 2.26. The lowest BCUT2D eigenvalue weighted by Gasteiger charge is -2.28. The third-order valence-corrected chi connectivity index (χ3v) is 4.45. The quantitative estimate of drug-likeness (QED) is 0.161. The minimum absolute atomic E-state index is 0.00494. The summed E-state index contributed by atoms with van der Waals surface area (Å²) in [7, 11) is 0. The lowest BCUT2D eigenvalue weighted by molar-refractivity contribution is -0.148. The van der Waals surface area contributed by atoms with Gasteiger partial charge in [0, 0.05) is 18.7 Å². The number of nitrogens with one attached hydrogen (secondary N) is 2. The van der Waals surface area contributed by atoms with Crippen LogP contribution in [0.2, 0.25) is 0 Å². The number of amides is 2. The maximum atomic E-state index is 11.8. The lowest BCUT2D eigenvalue weighted by atomic mass is 9.82. The van der Waals surface area contributed by atoms with Crippen LogP contribution in [0.5, 0.6) is 0 Å². The van der Waals surface area contributed by atoms with E-state index in [0.717, 1.165) is 12.8 Å². The molecule has 0 heterocycles. The number of alkyl carbamates (subject to hydrolysis) is 2. The topological polar surface area (TPSA) is 129 Å². The van der Waals surface area contributed by atoms with Crippen LogP contribution in [0.4, 0.5) is 9.59 Å². The van der Waals surface area contributed by atoms with Gasteiger partial charge in [0.15, 0.2) is 0 Å². The van der Waals surface area contributed by atoms with E-state index in [0.29, 0.717) is 13.1 Å². The summed E-state index contributed by atoms with van der Waals surface area (Å²) < 4.78 is 19.7. The highest BCUT2D eigenvalue weighted by Gasteiger charge is 2.22. The molecule has 0 bridgehead atoms. The SMILES string of the molecule is C=C(C)C(=O)OCCOC(=O)NCC(C)(C)CC(C)CCNC(=O)OCCOC(=O)C(C)C. The average molecular weight is 473 g/mol. The van der Waals surface area contributed by atoms with Gasteiger partial charge < -0.3 is 29.6 Å². The minimum atomic E-state index is -0.578. The first-order valence-corrected chi connectivity index (χ1v) is 11.1. The van der Waals surface area contributed by atoms with Crippen LogP contribution in [-0.2, 0) is 28.5 Å². The van der Waals surface area contributed by atoms with Crippen LogP contribution in [0, 0.1) is 17.3 Å². The lowest BCUT2D eigenvalue weighted by Crippen LogP contribution is -2.36. The Kier molecular flexibility index (Phi) is 14.6. The molecule has 10 heteroatoms. The third-order valence-electron chi connectivity index (χ3n) is 4.45. The van der Waals surface area contributed by atoms with Gasteiger partial charge >= 0.3 is 24.1 Å². The molecule has 0 aromatic heterocycles. The maximum absolute atomic E-state index is 11.8. The van der Waals surface area contributed by atoms with Crippen LogP contribution in [0.15, 0.2) is 12.2 Å². The van der Waals surface area contributed by atoms with Gasteiger partial charge in [0.25, 0.3) is 0 Å². The summed E-state index contributed by atoms with van der Waals surface area (Å²) in [6, 6.07) is 0. The maximum Gasteiger partial charge on any atom is 0.407 e. The second kappa shape index (κ2) is 15.9. The van der Waals surface area contributed by atoms with E-state index in [2.05, 4.69) is 24.1 Å². The molecule has 0 aliphatic carbocycles. The Balaban J connectivity index is 3.95. The molecule has 190 valence electrons. The fourth-order valence-electron chi connectivity index (χ4n) is 2.79. The summed E-state index contributed by atoms with van der Waals surface area (Å²) in [6.45, 7) is 15.4. The predicted molar refractivity (Wildman–Crippen MR) is 122 cm³/mol. The van der Waals surface area contributed by atoms with E-state index in [1.807, 2.05) is 13.8 Å². The minimum Gasteiger partial charge on any atom is -0.462 e. The molecule has 0 rings (SSSR count). The molecule has 0 saturated heterocycles. The molecule has 0 radical (unpaired) electrons. The summed E-state index contributed by atoms with van der Waals surface area (Å²) in [6.07, 6.45) is 0.413. The van der Waals surface area contributed by atoms with Gasteiger partial charge in [0.1, 0.15) is 26.4 Å². The summed E-state index contributed by atoms with van der Waals surface area (Å²) in [5.41, 5.74) is 0.0952. The second-order valence-electron chi connectivity index (χ2n) is 9.05. The van der Waals surface area contributed by atoms with Crippen LogP contribution < -0.4 is 10.6 Å². The van der Waals surface area contributed by atoms with Crippen molar-refractivity contribution in [3.05, 3.63) is 12.2 Å². The largest absolute Gasteiger partial charge is 0.462 e. The van der Waals surface area contributed by atoms with Crippen molar-refractivity contribution in [2.75, 3.05) is 39.5 Å². The van der Waals surface area contributed by atoms with Gasteiger partial charge in [-0.3, -0.25) is 4.79 Å². The van der Waals surface area contributed by atoms with Crippen LogP contribution >= 0.6 is 0 Å². The molecule has 2 amide bonds. The van der Waals surface area contributed by atoms with Gasteiger partial charge in [-0.05, 0) is 31.1 Å². The Morgan fingerprint density at radius 3 is 1.91 bits per heavy atom. The van der Waals surface area contributed by atoms with Crippen LogP contribution in [0.25, 0.3) is 0 Å². The normalized spacial score (nSPS) is 11.8. The number of hydrogen-bond donors (Lipinski definition) is 2. The van der Waals surface area contributed by atoms with Gasteiger partial charge in [-0.2, -0.15) is 0 Å². The van der Waals surface area contributed by atoms with Crippen LogP contribution in [0.1, 0.15) is 54.4 Å². The van der Waals surface area contributed by atoms with Gasteiger partial charge in [-0.25, -0.2) is 14.4 Å². The molecular weight excluding hydrogens is 432 g/mol. The Morgan fingerprint density at radius 2 is 1.36 bits per heavy atom. The molecule has 0 aromatic carbocycles. The van der Waals surface area contributed by atoms with Gasteiger partial charge in [-0.1, -0.05) is 41.2 Å². The number of ether oxygens (including phenoxy) is 4. The number of esters is 2. The van der Waals surface area contributed by atoms with Crippen molar-refractivity contribution in [2.45, 2.75) is 54.4 Å². The Morgan fingerprint density at radius 1 is 0.848 bits per heavy atom. The van der Waals surface area contributed by atoms with Gasteiger partial charge in [0.2, 0.25) is 0 Å². The average Bonchev–Trinajstić information content (AvgIpc) is 2.71. The summed E-state index contributed by atoms with van der Waals surface area (Å²) in [4.78, 5) is 46.0. The molecule has 10 nitrogen and oxygen atoms in total. The van der Waals surface area contributed by atoms with Crippen molar-refractivity contribution in [3.8, 4) is 0 Å². The molecule has 0 saturated carbocycles. The number of hydrogen-bond acceptors (Lipinski definition) is 8. The zero-order valence-corrected chi connectivity index (χ0v) is 20.8. The van der Waals surface area contributed by atoms with E-state index in [9.17, 15) is 19.2 Å². The monoisotopic (exact) mass is 472 g/mol. The summed E-state index contributed by atoms with van der Waals surface area (Å²) >= 11 is 0. The highest BCUT2D eigenvalue weighted by molar-refractivity contribution is 5.86. The van der Waals surface area contributed by atoms with Crippen molar-refractivity contribution in [1.82, 2.24) is 10.6 Å². The number of carbonyl (C=O) groups excluding carboxylic acids is 4. The summed E-state index contributed by atoms with van der Waals surface area (Å²) in [5.74, 6) is -0.790. The van der Waals surface area contributed by atoms with Crippen LogP contribution in [-0.4, -0.2) is 63.6 Å². The zero-order valence-electron chi connectivity index (χ0n) is 20.8. The summed E-state index contributed by atoms with van der Waals surface area (Å²) in [5, 5.41) is 5.38. The van der Waals surface area contributed by atoms with E-state index < -0.39 is 18.2 Å². The Labute approximate surface area is 196 Å². The van der Waals surface area contributed by atoms with Crippen molar-refractivity contribution < 1.29 is 38.1 Å². The molecule has 0 aromatic rings. The standard InChI is InChI=1S/C23H40N2O8/c1-16(2)19(26)30-10-12-32-21(28)24-9-8-18(5)14-23(6,7)15-25-22(29)33-13-11-31-20(27)17(3)4/h16,18H,3,8-15H2,1-2,4-7H3,(H,24,28)(H,25,29). The Hall–Kier alpha value is -2.78. The van der Waals surface area contributed by atoms with Gasteiger partial charge in [-0.15, -0.1) is 0 Å². The molecule has 33 heavy (non-hydrogen) atoms. The number of rotatable bonds is 15. The third kappa shape index (κ3) is 16.5. The second-order valence-corrected chi connectivity index (χ2v) is 9.05. The van der Waals surface area contributed by atoms with Gasteiger partial charge in [0.05, 0.1) is 5.92 Å². The number of carbonyl (C=O) groups is 4. The fourth-order valence-corrected chi connectivity index (χ4v) is 2.79. The molecule has 1 atom stereocenters. The van der Waals surface area contributed by atoms with Crippen LogP contribution in [0.3, 0.4) is 0 Å². The van der Waals surface area contributed by atoms with Crippen molar-refractivity contribution >= 4 is 24.1 Å². The molecule has 0 aliphatic heterocycles. The van der Waals surface area contributed by atoms with E-state index in [1.54, 1.807) is 13.8 Å². The van der Waals surface area contributed by atoms with Crippen molar-refractivity contribution in [2.24, 2.45) is 17.3 Å². The smallest absolute Gasteiger partial charge is 0.407 e. The van der Waals surface area contributed by atoms with Crippen molar-refractivity contribution in [3.63, 3.8) is 0 Å². The first kappa shape index (κ1) is 30.2. The molecule has 0 spiro atoms. The fraction of sp³-hybridized carbons (Fsp3) is 0.739. The molecular formula is C23H40N2O8. The van der Waals surface area contributed by atoms with E-state index >= 15 is 0 Å². The molecule has 1 unspecified atom stereocenters. The Bertz CT molecular complexity index is 661. The van der Waals surface area contributed by atoms with E-state index in [1.165, 1.54) is 6.92 Å². The highest BCUT2D eigenvalue weighted by atomic mass is 16.6.